The molecule has 0 saturated heterocycles. The average Bonchev–Trinajstić information content (AvgIpc) is 3.03. The van der Waals surface area contributed by atoms with Crippen LogP contribution in [0.4, 0.5) is 32.0 Å². The predicted molar refractivity (Wildman–Crippen MR) is 164 cm³/mol. The molecule has 262 valence electrons. The van der Waals surface area contributed by atoms with Gasteiger partial charge in [0.2, 0.25) is 21.2 Å². The lowest BCUT2D eigenvalue weighted by Gasteiger charge is -2.38. The standard InChI is InChI=1S/C33H24F6N2O8S/c1-2-17-5-3-7-21(13-17)50(48,49)22-8-4-6-20(16-22)41-28(43)26-15-19(10-12-24(26)30(46)47)31(32(34,35)36,33(37,38)39)18-9-11-23(29(44)45)25(14-18)27(40)42/h3-16H,2H2,1H3,(H2,40,42)(H,41,43)(H,44,45)(H,46,47). The Kier molecular flexibility index (Phi) is 9.87. The molecular formula is C33H24F6N2O8S. The molecule has 0 atom stereocenters. The Labute approximate surface area is 279 Å². The van der Waals surface area contributed by atoms with Crippen molar-refractivity contribution in [3.63, 3.8) is 0 Å². The van der Waals surface area contributed by atoms with Gasteiger partial charge in [-0.1, -0.05) is 37.3 Å². The van der Waals surface area contributed by atoms with Gasteiger partial charge in [0.1, 0.15) is 0 Å². The Morgan fingerprint density at radius 1 is 0.680 bits per heavy atom. The van der Waals surface area contributed by atoms with E-state index in [4.69, 9.17) is 5.73 Å². The van der Waals surface area contributed by atoms with Gasteiger partial charge in [-0.2, -0.15) is 26.3 Å². The maximum Gasteiger partial charge on any atom is 0.411 e. The van der Waals surface area contributed by atoms with Gasteiger partial charge in [-0.05, 0) is 77.7 Å². The number of anilines is 1. The van der Waals surface area contributed by atoms with Crippen LogP contribution in [-0.2, 0) is 21.7 Å². The topological polar surface area (TPSA) is 181 Å². The molecule has 10 nitrogen and oxygen atoms in total. The minimum atomic E-state index is -6.30. The monoisotopic (exact) mass is 722 g/mol. The van der Waals surface area contributed by atoms with E-state index in [9.17, 15) is 64.2 Å². The number of carbonyl (C=O) groups excluding carboxylic acids is 2. The summed E-state index contributed by atoms with van der Waals surface area (Å²) in [6.07, 6.45) is -12.1. The molecule has 50 heavy (non-hydrogen) atoms. The summed E-state index contributed by atoms with van der Waals surface area (Å²) in [5, 5.41) is 21.1. The van der Waals surface area contributed by atoms with Crippen LogP contribution in [0.1, 0.15) is 65.0 Å². The molecule has 5 N–H and O–H groups in total. The lowest BCUT2D eigenvalue weighted by atomic mass is 9.71. The Balaban J connectivity index is 1.91. The number of hydrogen-bond donors (Lipinski definition) is 4. The first-order chi connectivity index (χ1) is 23.2. The van der Waals surface area contributed by atoms with E-state index in [1.54, 1.807) is 13.0 Å². The highest BCUT2D eigenvalue weighted by Gasteiger charge is 2.72. The summed E-state index contributed by atoms with van der Waals surface area (Å²) in [5.41, 5.74) is -7.44. The van der Waals surface area contributed by atoms with Gasteiger partial charge in [0, 0.05) is 5.69 Å². The quantitative estimate of drug-likeness (QED) is 0.139. The number of sulfone groups is 1. The van der Waals surface area contributed by atoms with Crippen LogP contribution in [0, 0.1) is 0 Å². The Bertz CT molecular complexity index is 2130. The third-order valence-corrected chi connectivity index (χ3v) is 9.49. The van der Waals surface area contributed by atoms with Gasteiger partial charge in [0.25, 0.3) is 5.91 Å². The SMILES string of the molecule is CCc1cccc(S(=O)(=O)c2cccc(NC(=O)c3cc(C(c4ccc(C(=O)O)c(C(N)=O)c4)(C(F)(F)F)C(F)(F)F)ccc3C(=O)O)c2)c1. The second kappa shape index (κ2) is 13.3. The average molecular weight is 723 g/mol. The van der Waals surface area contributed by atoms with Gasteiger partial charge in [-0.3, -0.25) is 9.59 Å². The Morgan fingerprint density at radius 3 is 1.64 bits per heavy atom. The lowest BCUT2D eigenvalue weighted by Crippen LogP contribution is -2.55. The van der Waals surface area contributed by atoms with Crippen molar-refractivity contribution in [3.05, 3.63) is 124 Å². The number of aromatic carboxylic acids is 2. The second-order valence-electron chi connectivity index (χ2n) is 10.7. The van der Waals surface area contributed by atoms with Crippen LogP contribution in [0.2, 0.25) is 0 Å². The number of primary amides is 1. The van der Waals surface area contributed by atoms with Crippen LogP contribution in [0.15, 0.2) is 94.7 Å². The smallest absolute Gasteiger partial charge is 0.411 e. The number of alkyl halides is 6. The van der Waals surface area contributed by atoms with Crippen molar-refractivity contribution < 1.29 is 64.2 Å². The van der Waals surface area contributed by atoms with Gasteiger partial charge in [0.15, 0.2) is 0 Å². The zero-order valence-electron chi connectivity index (χ0n) is 25.4. The summed E-state index contributed by atoms with van der Waals surface area (Å²) in [4.78, 5) is 48.4. The highest BCUT2D eigenvalue weighted by Crippen LogP contribution is 2.56. The summed E-state index contributed by atoms with van der Waals surface area (Å²) in [6, 6.07) is 11.5. The number of hydrogen-bond acceptors (Lipinski definition) is 6. The molecule has 0 fully saturated rings. The summed E-state index contributed by atoms with van der Waals surface area (Å²) < 4.78 is 116. The van der Waals surface area contributed by atoms with Crippen molar-refractivity contribution >= 4 is 39.3 Å². The number of nitrogens with one attached hydrogen (secondary N) is 1. The molecule has 2 amide bonds. The van der Waals surface area contributed by atoms with Crippen molar-refractivity contribution in [1.82, 2.24) is 0 Å². The van der Waals surface area contributed by atoms with Crippen molar-refractivity contribution in [2.75, 3.05) is 5.32 Å². The maximum atomic E-state index is 14.9. The van der Waals surface area contributed by atoms with Gasteiger partial charge in [0.05, 0.1) is 32.0 Å². The van der Waals surface area contributed by atoms with Crippen LogP contribution in [0.5, 0.6) is 0 Å². The van der Waals surface area contributed by atoms with Crippen LogP contribution in [-0.4, -0.2) is 54.7 Å². The van der Waals surface area contributed by atoms with Crippen LogP contribution < -0.4 is 11.1 Å². The zero-order chi connectivity index (χ0) is 37.4. The van der Waals surface area contributed by atoms with Crippen molar-refractivity contribution in [2.24, 2.45) is 5.73 Å². The Morgan fingerprint density at radius 2 is 1.16 bits per heavy atom. The minimum absolute atomic E-state index is 0.0136. The van der Waals surface area contributed by atoms with Gasteiger partial charge in [-0.15, -0.1) is 0 Å². The number of carbonyl (C=O) groups is 4. The lowest BCUT2D eigenvalue weighted by molar-refractivity contribution is -0.288. The molecule has 0 aliphatic rings. The Hall–Kier alpha value is -5.71. The molecule has 4 aromatic carbocycles. The molecule has 0 heterocycles. The number of carboxylic acid groups (broad SMARTS) is 2. The molecule has 17 heteroatoms. The number of rotatable bonds is 10. The molecule has 4 aromatic rings. The molecule has 4 rings (SSSR count). The largest absolute Gasteiger partial charge is 0.478 e. The van der Waals surface area contributed by atoms with E-state index in [1.807, 2.05) is 0 Å². The number of benzene rings is 4. The summed E-state index contributed by atoms with van der Waals surface area (Å²) >= 11 is 0. The predicted octanol–water partition coefficient (Wildman–Crippen LogP) is 6.24. The molecular weight excluding hydrogens is 698 g/mol. The number of aryl methyl sites for hydroxylation is 1. The number of amides is 2. The maximum absolute atomic E-state index is 14.9. The summed E-state index contributed by atoms with van der Waals surface area (Å²) in [7, 11) is -4.19. The van der Waals surface area contributed by atoms with Crippen molar-refractivity contribution in [3.8, 4) is 0 Å². The fourth-order valence-electron chi connectivity index (χ4n) is 5.31. The fraction of sp³-hybridized carbons (Fsp3) is 0.152. The number of carboxylic acids is 2. The van der Waals surface area contributed by atoms with Gasteiger partial charge < -0.3 is 21.3 Å². The molecule has 0 bridgehead atoms. The summed E-state index contributed by atoms with van der Waals surface area (Å²) in [5.74, 6) is -6.98. The van der Waals surface area contributed by atoms with Crippen LogP contribution in [0.3, 0.4) is 0 Å². The van der Waals surface area contributed by atoms with E-state index in [2.05, 4.69) is 5.32 Å². The third-order valence-electron chi connectivity index (χ3n) is 7.75. The van der Waals surface area contributed by atoms with E-state index >= 15 is 0 Å². The molecule has 0 spiro atoms. The van der Waals surface area contributed by atoms with Crippen molar-refractivity contribution in [2.45, 2.75) is 40.9 Å². The van der Waals surface area contributed by atoms with Gasteiger partial charge in [-0.25, -0.2) is 18.0 Å². The number of halogens is 6. The highest BCUT2D eigenvalue weighted by atomic mass is 32.2. The zero-order valence-corrected chi connectivity index (χ0v) is 26.2. The first kappa shape index (κ1) is 37.1. The van der Waals surface area contributed by atoms with Crippen LogP contribution in [0.25, 0.3) is 0 Å². The van der Waals surface area contributed by atoms with Crippen molar-refractivity contribution in [1.29, 1.82) is 0 Å². The van der Waals surface area contributed by atoms with E-state index in [0.29, 0.717) is 24.1 Å². The highest BCUT2D eigenvalue weighted by molar-refractivity contribution is 7.91. The fourth-order valence-corrected chi connectivity index (χ4v) is 6.69. The van der Waals surface area contributed by atoms with Gasteiger partial charge >= 0.3 is 24.3 Å². The second-order valence-corrected chi connectivity index (χ2v) is 12.7. The summed E-state index contributed by atoms with van der Waals surface area (Å²) in [6.45, 7) is 1.79. The minimum Gasteiger partial charge on any atom is -0.478 e. The van der Waals surface area contributed by atoms with E-state index in [0.717, 1.165) is 12.1 Å². The molecule has 0 aliphatic heterocycles. The van der Waals surface area contributed by atoms with E-state index in [-0.39, 0.29) is 39.7 Å². The van der Waals surface area contributed by atoms with E-state index in [1.165, 1.54) is 30.3 Å². The molecule has 0 aliphatic carbocycles. The molecule has 0 aromatic heterocycles. The molecule has 0 saturated carbocycles. The van der Waals surface area contributed by atoms with E-state index < -0.39 is 84.7 Å². The molecule has 0 unspecified atom stereocenters. The number of nitrogens with two attached hydrogens (primary N) is 1. The first-order valence-electron chi connectivity index (χ1n) is 14.1. The van der Waals surface area contributed by atoms with Crippen LogP contribution >= 0.6 is 0 Å². The third kappa shape index (κ3) is 6.63. The molecule has 0 radical (unpaired) electrons. The normalized spacial score (nSPS) is 12.3. The first-order valence-corrected chi connectivity index (χ1v) is 15.6.